The van der Waals surface area contributed by atoms with Gasteiger partial charge >= 0.3 is 5.97 Å². The van der Waals surface area contributed by atoms with Crippen molar-refractivity contribution in [1.29, 1.82) is 0 Å². The number of carboxylic acid groups (broad SMARTS) is 1. The summed E-state index contributed by atoms with van der Waals surface area (Å²) in [6.45, 7) is 1.98. The fourth-order valence-electron chi connectivity index (χ4n) is 5.58. The summed E-state index contributed by atoms with van der Waals surface area (Å²) in [5, 5.41) is 9.54. The van der Waals surface area contributed by atoms with Crippen molar-refractivity contribution in [2.75, 3.05) is 0 Å². The third-order valence-electron chi connectivity index (χ3n) is 6.03. The molecule has 4 saturated carbocycles. The lowest BCUT2D eigenvalue weighted by atomic mass is 9.50. The fourth-order valence-corrected chi connectivity index (χ4v) is 5.58. The molecule has 4 aliphatic rings. The summed E-state index contributed by atoms with van der Waals surface area (Å²) in [5.74, 6) is 3.12. The highest BCUT2D eigenvalue weighted by Gasteiger charge is 2.49. The van der Waals surface area contributed by atoms with E-state index in [-0.39, 0.29) is 0 Å². The first-order chi connectivity index (χ1) is 9.61. The molecule has 1 N–H and O–H groups in total. The number of hydrogen-bond donors (Lipinski definition) is 1. The van der Waals surface area contributed by atoms with E-state index in [1.165, 1.54) is 32.1 Å². The lowest BCUT2D eigenvalue weighted by Crippen LogP contribution is -2.44. The summed E-state index contributed by atoms with van der Waals surface area (Å²) in [7, 11) is 0. The van der Waals surface area contributed by atoms with Crippen molar-refractivity contribution in [3.8, 4) is 0 Å². The number of aryl methyl sites for hydroxylation is 1. The molecule has 4 fully saturated rings. The molecular formula is C18H22O2. The average molecular weight is 270 g/mol. The van der Waals surface area contributed by atoms with E-state index in [2.05, 4.69) is 12.1 Å². The summed E-state index contributed by atoms with van der Waals surface area (Å²) >= 11 is 0. The van der Waals surface area contributed by atoms with Gasteiger partial charge in [0.05, 0.1) is 5.56 Å². The molecule has 2 nitrogen and oxygen atoms in total. The van der Waals surface area contributed by atoms with Crippen molar-refractivity contribution in [1.82, 2.24) is 0 Å². The minimum atomic E-state index is -0.752. The van der Waals surface area contributed by atoms with Crippen molar-refractivity contribution in [2.24, 2.45) is 23.7 Å². The Balaban J connectivity index is 1.76. The number of rotatable bonds is 2. The van der Waals surface area contributed by atoms with E-state index >= 15 is 0 Å². The summed E-state index contributed by atoms with van der Waals surface area (Å²) in [5.41, 5.74) is 2.73. The summed E-state index contributed by atoms with van der Waals surface area (Å²) in [6, 6.07) is 6.06. The molecule has 0 amide bonds. The maximum atomic E-state index is 11.6. The number of hydrogen-bond acceptors (Lipinski definition) is 1. The van der Waals surface area contributed by atoms with E-state index in [4.69, 9.17) is 0 Å². The Morgan fingerprint density at radius 2 is 1.65 bits per heavy atom. The largest absolute Gasteiger partial charge is 0.478 e. The van der Waals surface area contributed by atoms with Crippen LogP contribution >= 0.6 is 0 Å². The molecule has 2 heteroatoms. The predicted molar refractivity (Wildman–Crippen MR) is 77.9 cm³/mol. The van der Waals surface area contributed by atoms with Crippen molar-refractivity contribution in [2.45, 2.75) is 44.9 Å². The Hall–Kier alpha value is -1.31. The van der Waals surface area contributed by atoms with E-state index < -0.39 is 5.97 Å². The third kappa shape index (κ3) is 1.81. The van der Waals surface area contributed by atoms with Crippen molar-refractivity contribution in [3.05, 3.63) is 34.9 Å². The molecule has 5 rings (SSSR count). The van der Waals surface area contributed by atoms with Crippen molar-refractivity contribution in [3.63, 3.8) is 0 Å². The molecule has 4 aliphatic carbocycles. The van der Waals surface area contributed by atoms with Crippen LogP contribution in [0, 0.1) is 30.6 Å². The van der Waals surface area contributed by atoms with Crippen LogP contribution in [0.3, 0.4) is 0 Å². The first kappa shape index (κ1) is 12.4. The van der Waals surface area contributed by atoms with Crippen LogP contribution in [0.15, 0.2) is 18.2 Å². The minimum absolute atomic E-state index is 0.509. The molecule has 0 saturated heterocycles. The molecule has 0 radical (unpaired) electrons. The molecule has 4 bridgehead atoms. The zero-order valence-electron chi connectivity index (χ0n) is 12.0. The molecule has 0 aromatic heterocycles. The summed E-state index contributed by atoms with van der Waals surface area (Å²) < 4.78 is 0. The first-order valence-corrected chi connectivity index (χ1v) is 7.95. The van der Waals surface area contributed by atoms with Crippen molar-refractivity contribution < 1.29 is 9.90 Å². The fraction of sp³-hybridized carbons (Fsp3) is 0.611. The van der Waals surface area contributed by atoms with Crippen LogP contribution in [0.2, 0.25) is 0 Å². The summed E-state index contributed by atoms with van der Waals surface area (Å²) in [4.78, 5) is 11.6. The van der Waals surface area contributed by atoms with Gasteiger partial charge in [-0.25, -0.2) is 4.79 Å². The number of carbonyl (C=O) groups is 1. The van der Waals surface area contributed by atoms with E-state index in [1.54, 1.807) is 0 Å². The molecule has 20 heavy (non-hydrogen) atoms. The smallest absolute Gasteiger partial charge is 0.335 e. The molecule has 0 spiro atoms. The second-order valence-corrected chi connectivity index (χ2v) is 7.35. The van der Waals surface area contributed by atoms with E-state index in [1.807, 2.05) is 13.0 Å². The van der Waals surface area contributed by atoms with Gasteiger partial charge in [0, 0.05) is 0 Å². The Bertz CT molecular complexity index is 533. The van der Waals surface area contributed by atoms with Gasteiger partial charge in [-0.15, -0.1) is 0 Å². The Kier molecular flexibility index (Phi) is 2.70. The molecule has 0 heterocycles. The highest BCUT2D eigenvalue weighted by molar-refractivity contribution is 5.90. The molecule has 1 aromatic carbocycles. The van der Waals surface area contributed by atoms with E-state index in [0.717, 1.165) is 34.8 Å². The number of aromatic carboxylic acids is 1. The predicted octanol–water partition coefficient (Wildman–Crippen LogP) is 4.23. The highest BCUT2D eigenvalue weighted by atomic mass is 16.4. The number of carboxylic acids is 1. The Morgan fingerprint density at radius 1 is 1.05 bits per heavy atom. The minimum Gasteiger partial charge on any atom is -0.478 e. The van der Waals surface area contributed by atoms with Crippen molar-refractivity contribution >= 4 is 5.97 Å². The first-order valence-electron chi connectivity index (χ1n) is 7.95. The van der Waals surface area contributed by atoms with E-state index in [0.29, 0.717) is 11.5 Å². The zero-order chi connectivity index (χ0) is 13.9. The monoisotopic (exact) mass is 270 g/mol. The van der Waals surface area contributed by atoms with Gasteiger partial charge in [-0.3, -0.25) is 0 Å². The van der Waals surface area contributed by atoms with Crippen LogP contribution < -0.4 is 0 Å². The average Bonchev–Trinajstić information content (AvgIpc) is 2.38. The topological polar surface area (TPSA) is 37.3 Å². The second-order valence-electron chi connectivity index (χ2n) is 7.35. The molecule has 0 atom stereocenters. The van der Waals surface area contributed by atoms with Crippen LogP contribution in [-0.2, 0) is 0 Å². The van der Waals surface area contributed by atoms with Crippen LogP contribution in [0.1, 0.15) is 59.5 Å². The van der Waals surface area contributed by atoms with Crippen LogP contribution in [-0.4, -0.2) is 11.1 Å². The van der Waals surface area contributed by atoms with Crippen LogP contribution in [0.5, 0.6) is 0 Å². The van der Waals surface area contributed by atoms with Crippen LogP contribution in [0.25, 0.3) is 0 Å². The van der Waals surface area contributed by atoms with E-state index in [9.17, 15) is 9.90 Å². The van der Waals surface area contributed by atoms with Gasteiger partial charge in [-0.1, -0.05) is 17.7 Å². The molecule has 0 aliphatic heterocycles. The standard InChI is InChI=1S/C18H22O2/c1-10-2-3-15(16(4-10)18(19)20)17-13-6-11-5-12(8-13)9-14(17)7-11/h2-4,11-14,17H,5-9H2,1H3,(H,19,20). The third-order valence-corrected chi connectivity index (χ3v) is 6.03. The summed E-state index contributed by atoms with van der Waals surface area (Å²) in [6.07, 6.45) is 6.80. The van der Waals surface area contributed by atoms with Gasteiger partial charge in [0.15, 0.2) is 0 Å². The molecule has 106 valence electrons. The molecule has 0 unspecified atom stereocenters. The molecule has 1 aromatic rings. The number of benzene rings is 1. The molecular weight excluding hydrogens is 248 g/mol. The normalized spacial score (nSPS) is 38.1. The zero-order valence-corrected chi connectivity index (χ0v) is 12.0. The van der Waals surface area contributed by atoms with Gasteiger partial charge < -0.3 is 5.11 Å². The maximum absolute atomic E-state index is 11.6. The van der Waals surface area contributed by atoms with Crippen LogP contribution in [0.4, 0.5) is 0 Å². The SMILES string of the molecule is Cc1ccc(C2C3CC4CC(C3)CC2C4)c(C(=O)O)c1. The quantitative estimate of drug-likeness (QED) is 0.873. The van der Waals surface area contributed by atoms with Gasteiger partial charge in [0.2, 0.25) is 0 Å². The Labute approximate surface area is 120 Å². The Morgan fingerprint density at radius 3 is 2.20 bits per heavy atom. The lowest BCUT2D eigenvalue weighted by molar-refractivity contribution is -0.00315. The van der Waals surface area contributed by atoms with Gasteiger partial charge in [-0.2, -0.15) is 0 Å². The van der Waals surface area contributed by atoms with Gasteiger partial charge in [0.25, 0.3) is 0 Å². The van der Waals surface area contributed by atoms with Gasteiger partial charge in [0.1, 0.15) is 0 Å². The highest BCUT2D eigenvalue weighted by Crippen LogP contribution is 2.60. The second kappa shape index (κ2) is 4.34. The maximum Gasteiger partial charge on any atom is 0.335 e. The van der Waals surface area contributed by atoms with Gasteiger partial charge in [-0.05, 0) is 80.2 Å². The lowest BCUT2D eigenvalue weighted by Gasteiger charge is -2.54.